The lowest BCUT2D eigenvalue weighted by atomic mass is 9.97. The summed E-state index contributed by atoms with van der Waals surface area (Å²) >= 11 is 0. The molecule has 0 aromatic heterocycles. The summed E-state index contributed by atoms with van der Waals surface area (Å²) in [5.41, 5.74) is 2.51. The number of hydrogen-bond donors (Lipinski definition) is 0. The summed E-state index contributed by atoms with van der Waals surface area (Å²) < 4.78 is 60.1. The molecule has 0 saturated carbocycles. The number of benzene rings is 3. The van der Waals surface area contributed by atoms with Gasteiger partial charge in [0.25, 0.3) is 0 Å². The summed E-state index contributed by atoms with van der Waals surface area (Å²) in [6.07, 6.45) is 0.804. The van der Waals surface area contributed by atoms with Gasteiger partial charge in [-0.2, -0.15) is 0 Å². The molecule has 3 nitrogen and oxygen atoms in total. The minimum absolute atomic E-state index is 0.130. The van der Waals surface area contributed by atoms with Crippen LogP contribution in [-0.4, -0.2) is 19.8 Å². The molecular weight excluding hydrogens is 417 g/mol. The highest BCUT2D eigenvalue weighted by molar-refractivity contribution is 5.71. The zero-order chi connectivity index (χ0) is 22.2. The van der Waals surface area contributed by atoms with Crippen molar-refractivity contribution in [1.29, 1.82) is 0 Å². The molecule has 2 heterocycles. The van der Waals surface area contributed by atoms with Crippen LogP contribution in [0, 0.1) is 23.4 Å². The lowest BCUT2D eigenvalue weighted by molar-refractivity contribution is -0.197. The average molecular weight is 438 g/mol. The minimum atomic E-state index is -0.910. The first-order valence-electron chi connectivity index (χ1n) is 10.4. The molecule has 2 aliphatic rings. The van der Waals surface area contributed by atoms with Crippen LogP contribution >= 0.6 is 0 Å². The van der Waals surface area contributed by atoms with E-state index in [1.807, 2.05) is 0 Å². The van der Waals surface area contributed by atoms with E-state index in [0.717, 1.165) is 0 Å². The fourth-order valence-electron chi connectivity index (χ4n) is 3.85. The molecule has 2 saturated heterocycles. The van der Waals surface area contributed by atoms with E-state index < -0.39 is 23.7 Å². The van der Waals surface area contributed by atoms with Gasteiger partial charge >= 0.3 is 0 Å². The van der Waals surface area contributed by atoms with E-state index in [1.165, 1.54) is 6.07 Å². The van der Waals surface area contributed by atoms with Gasteiger partial charge in [-0.15, -0.1) is 6.58 Å². The van der Waals surface area contributed by atoms with E-state index in [9.17, 15) is 13.2 Å². The van der Waals surface area contributed by atoms with Gasteiger partial charge in [-0.05, 0) is 17.2 Å². The third-order valence-corrected chi connectivity index (χ3v) is 5.82. The summed E-state index contributed by atoms with van der Waals surface area (Å²) in [6, 6.07) is 14.6. The molecule has 3 aromatic rings. The summed E-state index contributed by atoms with van der Waals surface area (Å²) in [7, 11) is 0. The molecule has 32 heavy (non-hydrogen) atoms. The summed E-state index contributed by atoms with van der Waals surface area (Å²) in [6.45, 7) is 5.08. The molecule has 164 valence electrons. The molecule has 2 aliphatic heterocycles. The van der Waals surface area contributed by atoms with Gasteiger partial charge in [0, 0.05) is 28.2 Å². The largest absolute Gasteiger partial charge is 0.368 e. The van der Waals surface area contributed by atoms with Gasteiger partial charge < -0.3 is 14.2 Å². The Morgan fingerprint density at radius 1 is 0.750 bits per heavy atom. The zero-order valence-corrected chi connectivity index (χ0v) is 17.2. The maximum Gasteiger partial charge on any atom is 0.183 e. The fraction of sp³-hybridized carbons (Fsp3) is 0.231. The number of epoxide rings is 1. The van der Waals surface area contributed by atoms with Crippen LogP contribution in [0.3, 0.4) is 0 Å². The first-order chi connectivity index (χ1) is 15.5. The monoisotopic (exact) mass is 438 g/mol. The van der Waals surface area contributed by atoms with Crippen LogP contribution in [-0.2, 0) is 14.2 Å². The molecule has 0 amide bonds. The van der Waals surface area contributed by atoms with Gasteiger partial charge in [-0.1, -0.05) is 54.6 Å². The molecule has 0 aliphatic carbocycles. The van der Waals surface area contributed by atoms with Crippen molar-refractivity contribution in [3.05, 3.63) is 95.8 Å². The van der Waals surface area contributed by atoms with Gasteiger partial charge in [0.2, 0.25) is 0 Å². The molecule has 1 unspecified atom stereocenters. The van der Waals surface area contributed by atoms with Gasteiger partial charge in [-0.3, -0.25) is 0 Å². The second-order valence-electron chi connectivity index (χ2n) is 7.96. The Morgan fingerprint density at radius 3 is 1.97 bits per heavy atom. The summed E-state index contributed by atoms with van der Waals surface area (Å²) in [4.78, 5) is 0. The molecule has 0 spiro atoms. The lowest BCUT2D eigenvalue weighted by Crippen LogP contribution is -2.25. The van der Waals surface area contributed by atoms with Gasteiger partial charge in [-0.25, -0.2) is 13.2 Å². The summed E-state index contributed by atoms with van der Waals surface area (Å²) in [5, 5.41) is 0. The van der Waals surface area contributed by atoms with Crippen molar-refractivity contribution in [2.45, 2.75) is 12.4 Å². The van der Waals surface area contributed by atoms with Crippen LogP contribution in [0.5, 0.6) is 0 Å². The molecule has 6 heteroatoms. The maximum atomic E-state index is 14.9. The second kappa shape index (κ2) is 8.54. The van der Waals surface area contributed by atoms with E-state index in [2.05, 4.69) is 6.58 Å². The molecule has 3 aromatic carbocycles. The molecular formula is C26H21F3O3. The van der Waals surface area contributed by atoms with Crippen LogP contribution < -0.4 is 0 Å². The predicted molar refractivity (Wildman–Crippen MR) is 114 cm³/mol. The standard InChI is InChI=1S/C26H21F3O3/c1-2-15-12-31-26(32-13-15)18-7-8-19(22(27)11-18)16-3-5-17(6-4-16)20-9-10-21(23-14-30-23)25(29)24(20)28/h2-11,15,23,26H,1,12-14H2. The van der Waals surface area contributed by atoms with Crippen molar-refractivity contribution in [2.75, 3.05) is 19.8 Å². The van der Waals surface area contributed by atoms with Gasteiger partial charge in [0.05, 0.1) is 19.8 Å². The van der Waals surface area contributed by atoms with Crippen LogP contribution in [0.1, 0.15) is 23.5 Å². The Morgan fingerprint density at radius 2 is 1.38 bits per heavy atom. The van der Waals surface area contributed by atoms with Crippen molar-refractivity contribution in [3.8, 4) is 22.3 Å². The Hall–Kier alpha value is -2.93. The molecule has 0 bridgehead atoms. The van der Waals surface area contributed by atoms with Crippen molar-refractivity contribution in [3.63, 3.8) is 0 Å². The third-order valence-electron chi connectivity index (χ3n) is 5.82. The van der Waals surface area contributed by atoms with Gasteiger partial charge in [0.15, 0.2) is 17.9 Å². The van der Waals surface area contributed by atoms with Crippen molar-refractivity contribution >= 4 is 0 Å². The van der Waals surface area contributed by atoms with Crippen molar-refractivity contribution in [1.82, 2.24) is 0 Å². The van der Waals surface area contributed by atoms with E-state index in [1.54, 1.807) is 54.6 Å². The topological polar surface area (TPSA) is 31.0 Å². The molecule has 0 radical (unpaired) electrons. The highest BCUT2D eigenvalue weighted by Gasteiger charge is 2.30. The van der Waals surface area contributed by atoms with Crippen LogP contribution in [0.15, 0.2) is 67.3 Å². The fourth-order valence-corrected chi connectivity index (χ4v) is 3.85. The van der Waals surface area contributed by atoms with Crippen LogP contribution in [0.25, 0.3) is 22.3 Å². The molecule has 5 rings (SSSR count). The Bertz CT molecular complexity index is 1150. The zero-order valence-electron chi connectivity index (χ0n) is 17.2. The Labute approximate surface area is 184 Å². The Kier molecular flexibility index (Phi) is 5.59. The van der Waals surface area contributed by atoms with E-state index >= 15 is 0 Å². The number of halogens is 3. The van der Waals surface area contributed by atoms with E-state index in [0.29, 0.717) is 42.1 Å². The minimum Gasteiger partial charge on any atom is -0.368 e. The van der Waals surface area contributed by atoms with Crippen molar-refractivity contribution < 1.29 is 27.4 Å². The third kappa shape index (κ3) is 3.97. The number of rotatable bonds is 5. The average Bonchev–Trinajstić information content (AvgIpc) is 3.66. The van der Waals surface area contributed by atoms with Gasteiger partial charge in [0.1, 0.15) is 11.9 Å². The normalized spacial score (nSPS) is 22.5. The van der Waals surface area contributed by atoms with E-state index in [4.69, 9.17) is 14.2 Å². The highest BCUT2D eigenvalue weighted by Crippen LogP contribution is 2.36. The second-order valence-corrected chi connectivity index (χ2v) is 7.96. The lowest BCUT2D eigenvalue weighted by Gasteiger charge is -2.28. The van der Waals surface area contributed by atoms with Crippen LogP contribution in [0.2, 0.25) is 0 Å². The number of ether oxygens (including phenoxy) is 3. The van der Waals surface area contributed by atoms with E-state index in [-0.39, 0.29) is 23.1 Å². The SMILES string of the molecule is C=CC1COC(c2ccc(-c3ccc(-c4ccc(C5CO5)c(F)c4F)cc3)c(F)c2)OC1. The highest BCUT2D eigenvalue weighted by atomic mass is 19.2. The smallest absolute Gasteiger partial charge is 0.183 e. The first kappa shape index (κ1) is 20.9. The molecule has 1 atom stereocenters. The number of hydrogen-bond acceptors (Lipinski definition) is 3. The molecule has 2 fully saturated rings. The predicted octanol–water partition coefficient (Wildman–Crippen LogP) is 6.36. The summed E-state index contributed by atoms with van der Waals surface area (Å²) in [5.74, 6) is -2.08. The van der Waals surface area contributed by atoms with Crippen LogP contribution in [0.4, 0.5) is 13.2 Å². The molecule has 0 N–H and O–H groups in total. The first-order valence-corrected chi connectivity index (χ1v) is 10.4. The quantitative estimate of drug-likeness (QED) is 0.343. The maximum absolute atomic E-state index is 14.9. The Balaban J connectivity index is 1.36. The van der Waals surface area contributed by atoms with Crippen molar-refractivity contribution in [2.24, 2.45) is 5.92 Å².